The van der Waals surface area contributed by atoms with Gasteiger partial charge in [-0.1, -0.05) is 29.5 Å². The summed E-state index contributed by atoms with van der Waals surface area (Å²) in [7, 11) is 0. The molecule has 132 valence electrons. The van der Waals surface area contributed by atoms with Crippen LogP contribution in [0.15, 0.2) is 36.4 Å². The minimum Gasteiger partial charge on any atom is -0.349 e. The summed E-state index contributed by atoms with van der Waals surface area (Å²) in [6.45, 7) is 10.2. The van der Waals surface area contributed by atoms with E-state index in [0.29, 0.717) is 0 Å². The van der Waals surface area contributed by atoms with E-state index in [2.05, 4.69) is 18.7 Å². The first-order chi connectivity index (χ1) is 12.0. The van der Waals surface area contributed by atoms with E-state index in [9.17, 15) is 4.79 Å². The Morgan fingerprint density at radius 2 is 1.80 bits per heavy atom. The average Bonchev–Trinajstić information content (AvgIpc) is 3.16. The van der Waals surface area contributed by atoms with Gasteiger partial charge in [0.05, 0.1) is 9.58 Å². The Bertz CT molecular complexity index is 819. The van der Waals surface area contributed by atoms with E-state index in [0.717, 1.165) is 38.3 Å². The standard InChI is InChI=1S/C19H23N3OS2/c1-5-21(6-2)19-20-17-15(25-19)12-16(24-17)18(23)22(13(3)4)14-10-8-7-9-11-14/h7-13H,5-6H2,1-4H3. The van der Waals surface area contributed by atoms with Crippen molar-refractivity contribution in [3.63, 3.8) is 0 Å². The highest BCUT2D eigenvalue weighted by atomic mass is 32.1. The molecule has 2 heterocycles. The van der Waals surface area contributed by atoms with Crippen molar-refractivity contribution in [1.82, 2.24) is 4.98 Å². The second kappa shape index (κ2) is 7.54. The van der Waals surface area contributed by atoms with Gasteiger partial charge in [0.25, 0.3) is 5.91 Å². The molecule has 2 aromatic heterocycles. The summed E-state index contributed by atoms with van der Waals surface area (Å²) in [4.78, 5) is 23.6. The topological polar surface area (TPSA) is 36.4 Å². The summed E-state index contributed by atoms with van der Waals surface area (Å²) in [5, 5.41) is 1.04. The number of amides is 1. The van der Waals surface area contributed by atoms with Gasteiger partial charge in [0.2, 0.25) is 0 Å². The van der Waals surface area contributed by atoms with Gasteiger partial charge in [0.15, 0.2) is 5.13 Å². The van der Waals surface area contributed by atoms with Crippen LogP contribution in [0.5, 0.6) is 0 Å². The first kappa shape index (κ1) is 17.9. The van der Waals surface area contributed by atoms with Crippen LogP contribution in [0.4, 0.5) is 10.8 Å². The summed E-state index contributed by atoms with van der Waals surface area (Å²) >= 11 is 3.15. The van der Waals surface area contributed by atoms with Crippen molar-refractivity contribution in [3.8, 4) is 0 Å². The predicted molar refractivity (Wildman–Crippen MR) is 109 cm³/mol. The van der Waals surface area contributed by atoms with Crippen LogP contribution in [0.25, 0.3) is 9.53 Å². The number of fused-ring (bicyclic) bond motifs is 1. The maximum atomic E-state index is 13.1. The highest BCUT2D eigenvalue weighted by Crippen LogP contribution is 2.35. The average molecular weight is 374 g/mol. The lowest BCUT2D eigenvalue weighted by Crippen LogP contribution is -2.36. The van der Waals surface area contributed by atoms with Gasteiger partial charge >= 0.3 is 0 Å². The predicted octanol–water partition coefficient (Wildman–Crippen LogP) is 5.26. The third-order valence-corrected chi connectivity index (χ3v) is 6.30. The van der Waals surface area contributed by atoms with Gasteiger partial charge in [-0.15, -0.1) is 11.3 Å². The number of thiazole rings is 1. The molecule has 0 radical (unpaired) electrons. The molecule has 1 amide bonds. The lowest BCUT2D eigenvalue weighted by molar-refractivity contribution is 0.0984. The number of carbonyl (C=O) groups is 1. The maximum absolute atomic E-state index is 13.1. The molecule has 0 fully saturated rings. The molecule has 3 rings (SSSR count). The quantitative estimate of drug-likeness (QED) is 0.591. The number of hydrogen-bond donors (Lipinski definition) is 0. The van der Waals surface area contributed by atoms with Crippen LogP contribution >= 0.6 is 22.7 Å². The van der Waals surface area contributed by atoms with E-state index in [4.69, 9.17) is 4.98 Å². The third-order valence-electron chi connectivity index (χ3n) is 4.09. The number of carbonyl (C=O) groups excluding carboxylic acids is 1. The number of anilines is 2. The summed E-state index contributed by atoms with van der Waals surface area (Å²) in [5.74, 6) is 0.0424. The van der Waals surface area contributed by atoms with Crippen molar-refractivity contribution >= 4 is 48.9 Å². The maximum Gasteiger partial charge on any atom is 0.268 e. The fraction of sp³-hybridized carbons (Fsp3) is 0.368. The van der Waals surface area contributed by atoms with Gasteiger partial charge in [-0.05, 0) is 45.9 Å². The van der Waals surface area contributed by atoms with Gasteiger partial charge in [0, 0.05) is 24.8 Å². The van der Waals surface area contributed by atoms with Crippen LogP contribution in [0, 0.1) is 0 Å². The van der Waals surface area contributed by atoms with E-state index >= 15 is 0 Å². The van der Waals surface area contributed by atoms with Crippen molar-refractivity contribution < 1.29 is 4.79 Å². The number of benzene rings is 1. The number of thiophene rings is 1. The van der Waals surface area contributed by atoms with Crippen LogP contribution in [0.2, 0.25) is 0 Å². The molecule has 0 saturated heterocycles. The Labute approximate surface area is 156 Å². The summed E-state index contributed by atoms with van der Waals surface area (Å²) in [6, 6.07) is 11.9. The van der Waals surface area contributed by atoms with Crippen molar-refractivity contribution in [2.45, 2.75) is 33.7 Å². The molecule has 0 aliphatic rings. The fourth-order valence-corrected chi connectivity index (χ4v) is 5.09. The lowest BCUT2D eigenvalue weighted by Gasteiger charge is -2.26. The zero-order chi connectivity index (χ0) is 18.0. The molecule has 0 aliphatic carbocycles. The molecule has 0 N–H and O–H groups in total. The molecule has 3 aromatic rings. The highest BCUT2D eigenvalue weighted by molar-refractivity contribution is 7.29. The molecule has 25 heavy (non-hydrogen) atoms. The van der Waals surface area contributed by atoms with E-state index in [-0.39, 0.29) is 11.9 Å². The molecule has 1 aromatic carbocycles. The summed E-state index contributed by atoms with van der Waals surface area (Å²) < 4.78 is 1.09. The van der Waals surface area contributed by atoms with E-state index in [1.807, 2.05) is 55.1 Å². The SMILES string of the molecule is CCN(CC)c1nc2sc(C(=O)N(c3ccccc3)C(C)C)cc2s1. The Morgan fingerprint density at radius 3 is 2.36 bits per heavy atom. The summed E-state index contributed by atoms with van der Waals surface area (Å²) in [5.41, 5.74) is 0.927. The molecule has 0 bridgehead atoms. The molecule has 0 saturated carbocycles. The zero-order valence-corrected chi connectivity index (χ0v) is 16.7. The zero-order valence-electron chi connectivity index (χ0n) is 15.0. The van der Waals surface area contributed by atoms with Gasteiger partial charge in [0.1, 0.15) is 4.83 Å². The van der Waals surface area contributed by atoms with Crippen molar-refractivity contribution in [2.24, 2.45) is 0 Å². The van der Waals surface area contributed by atoms with E-state index in [1.165, 1.54) is 11.3 Å². The molecular formula is C19H23N3OS2. The Balaban J connectivity index is 1.92. The smallest absolute Gasteiger partial charge is 0.268 e. The minimum atomic E-state index is 0.0424. The first-order valence-electron chi connectivity index (χ1n) is 8.59. The number of para-hydroxylation sites is 1. The van der Waals surface area contributed by atoms with E-state index in [1.54, 1.807) is 11.3 Å². The van der Waals surface area contributed by atoms with Gasteiger partial charge < -0.3 is 9.80 Å². The Hall–Kier alpha value is -1.92. The minimum absolute atomic E-state index is 0.0424. The second-order valence-electron chi connectivity index (χ2n) is 6.05. The first-order valence-corrected chi connectivity index (χ1v) is 10.2. The van der Waals surface area contributed by atoms with Crippen LogP contribution < -0.4 is 9.80 Å². The molecule has 0 spiro atoms. The van der Waals surface area contributed by atoms with E-state index < -0.39 is 0 Å². The van der Waals surface area contributed by atoms with Crippen molar-refractivity contribution in [3.05, 3.63) is 41.3 Å². The van der Waals surface area contributed by atoms with Crippen LogP contribution in [-0.2, 0) is 0 Å². The number of rotatable bonds is 6. The molecule has 0 unspecified atom stereocenters. The Morgan fingerprint density at radius 1 is 1.12 bits per heavy atom. The molecule has 4 nitrogen and oxygen atoms in total. The monoisotopic (exact) mass is 373 g/mol. The van der Waals surface area contributed by atoms with Crippen LogP contribution in [-0.4, -0.2) is 30.0 Å². The Kier molecular flexibility index (Phi) is 5.39. The van der Waals surface area contributed by atoms with Crippen LogP contribution in [0.3, 0.4) is 0 Å². The van der Waals surface area contributed by atoms with Crippen molar-refractivity contribution in [1.29, 1.82) is 0 Å². The normalized spacial score (nSPS) is 11.2. The second-order valence-corrected chi connectivity index (χ2v) is 8.09. The third kappa shape index (κ3) is 3.55. The van der Waals surface area contributed by atoms with Gasteiger partial charge in [-0.25, -0.2) is 4.98 Å². The van der Waals surface area contributed by atoms with Crippen molar-refractivity contribution in [2.75, 3.05) is 22.9 Å². The molecule has 0 atom stereocenters. The lowest BCUT2D eigenvalue weighted by atomic mass is 10.2. The molecule has 6 heteroatoms. The largest absolute Gasteiger partial charge is 0.349 e. The van der Waals surface area contributed by atoms with Crippen LogP contribution in [0.1, 0.15) is 37.4 Å². The number of hydrogen-bond acceptors (Lipinski definition) is 5. The molecule has 0 aliphatic heterocycles. The summed E-state index contributed by atoms with van der Waals surface area (Å²) in [6.07, 6.45) is 0. The van der Waals surface area contributed by atoms with Gasteiger partial charge in [-0.2, -0.15) is 0 Å². The number of nitrogens with zero attached hydrogens (tertiary/aromatic N) is 3. The number of aromatic nitrogens is 1. The molecular weight excluding hydrogens is 350 g/mol. The van der Waals surface area contributed by atoms with Gasteiger partial charge in [-0.3, -0.25) is 4.79 Å². The fourth-order valence-electron chi connectivity index (χ4n) is 2.82. The highest BCUT2D eigenvalue weighted by Gasteiger charge is 2.23.